The maximum Gasteiger partial charge on any atom is 0.307 e. The van der Waals surface area contributed by atoms with Crippen LogP contribution in [0.3, 0.4) is 0 Å². The number of aromatic nitrogens is 2. The zero-order valence-corrected chi connectivity index (χ0v) is 52.0. The van der Waals surface area contributed by atoms with Gasteiger partial charge in [0.25, 0.3) is 28.4 Å². The summed E-state index contributed by atoms with van der Waals surface area (Å²) in [5.74, 6) is 2.94. The van der Waals surface area contributed by atoms with E-state index >= 15 is 0 Å². The van der Waals surface area contributed by atoms with Crippen molar-refractivity contribution in [2.24, 2.45) is 0 Å². The molecule has 10 nitrogen and oxygen atoms in total. The van der Waals surface area contributed by atoms with Crippen molar-refractivity contribution in [3.05, 3.63) is 140 Å². The molecule has 15 heteroatoms. The Morgan fingerprint density at radius 2 is 0.974 bits per heavy atom. The normalized spacial score (nSPS) is 13.8. The Morgan fingerprint density at radius 3 is 1.36 bits per heavy atom. The van der Waals surface area contributed by atoms with Crippen molar-refractivity contribution in [1.82, 2.24) is 19.8 Å². The van der Waals surface area contributed by atoms with E-state index in [-0.39, 0.29) is 46.5 Å². The molecule has 0 bridgehead atoms. The molecule has 0 saturated carbocycles. The van der Waals surface area contributed by atoms with Crippen LogP contribution in [0.5, 0.6) is 11.5 Å². The summed E-state index contributed by atoms with van der Waals surface area (Å²) in [4.78, 5) is 52.4. The highest BCUT2D eigenvalue weighted by Crippen LogP contribution is 2.50. The Balaban J connectivity index is 0.000000226. The van der Waals surface area contributed by atoms with E-state index in [0.717, 1.165) is 38.8 Å². The van der Waals surface area contributed by atoms with Gasteiger partial charge in [-0.25, -0.2) is 8.78 Å². The molecule has 78 heavy (non-hydrogen) atoms. The van der Waals surface area contributed by atoms with Gasteiger partial charge in [-0.3, -0.25) is 24.4 Å². The molecule has 0 unspecified atom stereocenters. The average molecular weight is 1110 g/mol. The van der Waals surface area contributed by atoms with E-state index in [1.807, 2.05) is 31.4 Å². The lowest BCUT2D eigenvalue weighted by molar-refractivity contribution is -0.136. The number of carboxylic acids is 1. The number of carbonyl (C=O) groups excluding carboxylic acids is 2. The minimum absolute atomic E-state index is 0.0284. The van der Waals surface area contributed by atoms with E-state index in [4.69, 9.17) is 18.8 Å². The summed E-state index contributed by atoms with van der Waals surface area (Å²) in [6, 6.07) is 17.0. The molecule has 1 N–H and O–H groups in total. The van der Waals surface area contributed by atoms with Crippen LogP contribution in [0.25, 0.3) is 21.8 Å². The minimum Gasteiger partial charge on any atom is -0.541 e. The van der Waals surface area contributed by atoms with Gasteiger partial charge < -0.3 is 23.8 Å². The number of amides is 2. The molecule has 2 amide bonds. The Morgan fingerprint density at radius 1 is 0.603 bits per heavy atom. The van der Waals surface area contributed by atoms with Crippen LogP contribution in [0.15, 0.2) is 73.1 Å². The third kappa shape index (κ3) is 11.7. The lowest BCUT2D eigenvalue weighted by Crippen LogP contribution is -2.51. The molecular formula is C63H80F2N4O6Si3. The number of hydrogen-bond donors (Lipinski definition) is 1. The summed E-state index contributed by atoms with van der Waals surface area (Å²) in [6.45, 7) is 34.2. The number of halogens is 2. The van der Waals surface area contributed by atoms with Gasteiger partial charge in [-0.15, -0.1) is 5.54 Å². The molecule has 8 rings (SSSR count). The zero-order chi connectivity index (χ0) is 57.5. The number of benzene rings is 4. The summed E-state index contributed by atoms with van der Waals surface area (Å²) in [7, 11) is -3.01. The number of hydrogen-bond acceptors (Lipinski definition) is 7. The predicted molar refractivity (Wildman–Crippen MR) is 318 cm³/mol. The topological polar surface area (TPSA) is 122 Å². The molecule has 4 heterocycles. The summed E-state index contributed by atoms with van der Waals surface area (Å²) in [5, 5.41) is 11.4. The Bertz CT molecular complexity index is 3280. The van der Waals surface area contributed by atoms with E-state index < -0.39 is 30.7 Å². The minimum atomic E-state index is -2.47. The summed E-state index contributed by atoms with van der Waals surface area (Å²) < 4.78 is 41.4. The number of nitrogens with zero attached hydrogens (tertiary/aromatic N) is 4. The van der Waals surface area contributed by atoms with Gasteiger partial charge >= 0.3 is 5.97 Å². The van der Waals surface area contributed by atoms with Crippen LogP contribution in [0.2, 0.25) is 52.9 Å². The SMILES string of the molecule is CC(C)[Si](Oc1c2c(c(C#C[Si](C)(C)C)c3cc(Cc4ccc(F)cc4)cnc13)CN(C)C2=O)(C(C)C)C(C)C.CC(C)[Si](Oc1c2c(c(CC(=O)O)c3cc(Cc4ccc(F)cc4)cnc13)CN(C)C2=O)(C(C)C)C(C)C. The number of carbonyl (C=O) groups is 3. The van der Waals surface area contributed by atoms with Crippen LogP contribution in [0, 0.1) is 23.1 Å². The maximum absolute atomic E-state index is 13.7. The lowest BCUT2D eigenvalue weighted by atomic mass is 9.93. The van der Waals surface area contributed by atoms with Crippen molar-refractivity contribution in [3.8, 4) is 23.0 Å². The fraction of sp³-hybridized carbons (Fsp3) is 0.444. The predicted octanol–water partition coefficient (Wildman–Crippen LogP) is 15.1. The fourth-order valence-electron chi connectivity index (χ4n) is 12.6. The van der Waals surface area contributed by atoms with Gasteiger partial charge in [0, 0.05) is 61.5 Å². The molecule has 2 aromatic heterocycles. The van der Waals surface area contributed by atoms with E-state index in [1.165, 1.54) is 24.3 Å². The van der Waals surface area contributed by atoms with Gasteiger partial charge in [-0.1, -0.05) is 133 Å². The van der Waals surface area contributed by atoms with Crippen molar-refractivity contribution in [2.45, 2.75) is 168 Å². The molecule has 0 fully saturated rings. The third-order valence-electron chi connectivity index (χ3n) is 16.1. The number of carboxylic acid groups (broad SMARTS) is 1. The highest BCUT2D eigenvalue weighted by atomic mass is 28.4. The molecule has 4 aromatic carbocycles. The Hall–Kier alpha value is -6.22. The first kappa shape index (κ1) is 59.4. The third-order valence-corrected chi connectivity index (χ3v) is 28.9. The van der Waals surface area contributed by atoms with Crippen molar-refractivity contribution in [1.29, 1.82) is 0 Å². The molecule has 0 aliphatic carbocycles. The monoisotopic (exact) mass is 1110 g/mol. The number of aliphatic carboxylic acids is 1. The highest BCUT2D eigenvalue weighted by molar-refractivity contribution is 6.84. The highest BCUT2D eigenvalue weighted by Gasteiger charge is 2.50. The molecule has 2 aliphatic heterocycles. The standard InChI is InChI=1S/C33H43FN2O2Si2.C30H37FN2O4Si/c1-21(2)40(22(3)4,23(5)6)38-32-30-29(20-36(7)33(30)37)27(15-16-39(8,9)10)28-18-25(19-35-31(28)32)17-24-11-13-26(34)14-12-24;1-17(2)38(18(3)4,19(5)6)37-29-27-25(16-33(7)30(27)36)23(14-26(34)35)24-13-21(15-32-28(24)29)12-20-8-10-22(31)11-9-20/h11-14,18-19,21-23H,17,20H2,1-10H3;8-11,13,15,17-19H,12,14,16H2,1-7H3,(H,34,35). The molecule has 0 saturated heterocycles. The van der Waals surface area contributed by atoms with Gasteiger partial charge in [0.15, 0.2) is 0 Å². The van der Waals surface area contributed by atoms with Crippen LogP contribution < -0.4 is 8.85 Å². The fourth-order valence-corrected chi connectivity index (χ4v) is 23.6. The summed E-state index contributed by atoms with van der Waals surface area (Å²) in [6.07, 6.45) is 4.54. The van der Waals surface area contributed by atoms with Crippen LogP contribution >= 0.6 is 0 Å². The molecule has 6 aromatic rings. The second-order valence-corrected chi connectivity index (χ2v) is 40.0. The van der Waals surface area contributed by atoms with Crippen LogP contribution in [0.1, 0.15) is 148 Å². The van der Waals surface area contributed by atoms with Crippen molar-refractivity contribution in [3.63, 3.8) is 0 Å². The Kier molecular flexibility index (Phi) is 17.7. The van der Waals surface area contributed by atoms with Crippen LogP contribution in [0.4, 0.5) is 8.78 Å². The molecule has 0 radical (unpaired) electrons. The first-order valence-corrected chi connectivity index (χ1v) is 35.4. The second kappa shape index (κ2) is 23.2. The van der Waals surface area contributed by atoms with Gasteiger partial charge in [0.05, 0.1) is 17.5 Å². The first-order valence-electron chi connectivity index (χ1n) is 27.6. The van der Waals surface area contributed by atoms with Gasteiger partial charge in [0.1, 0.15) is 42.2 Å². The van der Waals surface area contributed by atoms with Crippen LogP contribution in [-0.4, -0.2) is 81.5 Å². The average Bonchev–Trinajstić information content (AvgIpc) is 3.84. The smallest absolute Gasteiger partial charge is 0.307 e. The molecule has 0 atom stereocenters. The number of fused-ring (bicyclic) bond motifs is 4. The van der Waals surface area contributed by atoms with E-state index in [1.54, 1.807) is 35.2 Å². The maximum atomic E-state index is 13.7. The number of pyridine rings is 2. The van der Waals surface area contributed by atoms with Gasteiger partial charge in [0.2, 0.25) is 0 Å². The first-order chi connectivity index (χ1) is 36.5. The van der Waals surface area contributed by atoms with Crippen molar-refractivity contribution in [2.75, 3.05) is 14.1 Å². The molecular weight excluding hydrogens is 1030 g/mol. The molecule has 414 valence electrons. The summed E-state index contributed by atoms with van der Waals surface area (Å²) in [5.41, 5.74) is 14.7. The van der Waals surface area contributed by atoms with Crippen molar-refractivity contribution >= 4 is 64.3 Å². The van der Waals surface area contributed by atoms with E-state index in [0.29, 0.717) is 92.7 Å². The largest absolute Gasteiger partial charge is 0.541 e. The van der Waals surface area contributed by atoms with Crippen molar-refractivity contribution < 1.29 is 37.1 Å². The quantitative estimate of drug-likeness (QED) is 0.0751. The number of rotatable bonds is 16. The zero-order valence-electron chi connectivity index (χ0n) is 49.0. The summed E-state index contributed by atoms with van der Waals surface area (Å²) >= 11 is 0. The molecule has 0 spiro atoms. The lowest BCUT2D eigenvalue weighted by Gasteiger charge is -2.42. The Labute approximate surface area is 464 Å². The molecule has 2 aliphatic rings. The second-order valence-electron chi connectivity index (χ2n) is 24.5. The van der Waals surface area contributed by atoms with Gasteiger partial charge in [-0.05, 0) is 116 Å². The van der Waals surface area contributed by atoms with Crippen LogP contribution in [-0.2, 0) is 37.1 Å². The van der Waals surface area contributed by atoms with E-state index in [2.05, 4.69) is 120 Å². The van der Waals surface area contributed by atoms with Gasteiger partial charge in [-0.2, -0.15) is 0 Å². The van der Waals surface area contributed by atoms with E-state index in [9.17, 15) is 28.3 Å².